The predicted octanol–water partition coefficient (Wildman–Crippen LogP) is 2.84. The Morgan fingerprint density at radius 1 is 1.38 bits per heavy atom. The van der Waals surface area contributed by atoms with Gasteiger partial charge in [-0.2, -0.15) is 0 Å². The first kappa shape index (κ1) is 12.6. The van der Waals surface area contributed by atoms with Crippen LogP contribution >= 0.6 is 0 Å². The normalized spacial score (nSPS) is 10.8. The highest BCUT2D eigenvalue weighted by Crippen LogP contribution is 2.29. The number of phenolic OH excluding ortho intramolecular Hbond substituents is 1. The number of phenols is 1. The van der Waals surface area contributed by atoms with E-state index in [9.17, 15) is 9.90 Å². The average molecular weight is 222 g/mol. The number of aliphatic carboxylic acids is 1. The molecule has 16 heavy (non-hydrogen) atoms. The van der Waals surface area contributed by atoms with Crippen molar-refractivity contribution in [3.63, 3.8) is 0 Å². The lowest BCUT2D eigenvalue weighted by Gasteiger charge is -2.13. The van der Waals surface area contributed by atoms with Crippen molar-refractivity contribution in [2.24, 2.45) is 0 Å². The number of carbonyl (C=O) groups is 1. The Morgan fingerprint density at radius 3 is 2.50 bits per heavy atom. The summed E-state index contributed by atoms with van der Waals surface area (Å²) >= 11 is 0. The van der Waals surface area contributed by atoms with E-state index in [0.29, 0.717) is 12.2 Å². The van der Waals surface area contributed by atoms with Crippen LogP contribution in [0.1, 0.15) is 42.9 Å². The third-order valence-electron chi connectivity index (χ3n) is 2.72. The maximum atomic E-state index is 10.5. The molecule has 0 bridgehead atoms. The van der Waals surface area contributed by atoms with Gasteiger partial charge in [-0.1, -0.05) is 19.9 Å². The zero-order chi connectivity index (χ0) is 12.3. The summed E-state index contributed by atoms with van der Waals surface area (Å²) in [6.07, 6.45) is 0.643. The fraction of sp³-hybridized carbons (Fsp3) is 0.462. The Morgan fingerprint density at radius 2 is 2.00 bits per heavy atom. The Labute approximate surface area is 95.7 Å². The van der Waals surface area contributed by atoms with Gasteiger partial charge >= 0.3 is 5.97 Å². The Bertz CT molecular complexity index is 394. The number of carboxylic acids is 1. The molecule has 0 aliphatic heterocycles. The zero-order valence-corrected chi connectivity index (χ0v) is 9.95. The Kier molecular flexibility index (Phi) is 3.93. The van der Waals surface area contributed by atoms with Gasteiger partial charge in [0.2, 0.25) is 0 Å². The minimum Gasteiger partial charge on any atom is -0.508 e. The molecule has 3 nitrogen and oxygen atoms in total. The monoisotopic (exact) mass is 222 g/mol. The van der Waals surface area contributed by atoms with Crippen LogP contribution in [0.2, 0.25) is 0 Å². The molecule has 1 rings (SSSR count). The number of benzene rings is 1. The van der Waals surface area contributed by atoms with E-state index in [0.717, 1.165) is 16.7 Å². The van der Waals surface area contributed by atoms with E-state index in [1.165, 1.54) is 0 Å². The fourth-order valence-corrected chi connectivity index (χ4v) is 1.73. The first-order valence-corrected chi connectivity index (χ1v) is 5.46. The van der Waals surface area contributed by atoms with Gasteiger partial charge in [0.15, 0.2) is 0 Å². The molecule has 0 amide bonds. The van der Waals surface area contributed by atoms with Crippen molar-refractivity contribution in [2.45, 2.75) is 39.5 Å². The molecule has 2 N–H and O–H groups in total. The fourth-order valence-electron chi connectivity index (χ4n) is 1.73. The van der Waals surface area contributed by atoms with Gasteiger partial charge in [0, 0.05) is 6.42 Å². The number of aryl methyl sites for hydroxylation is 2. The second-order valence-electron chi connectivity index (χ2n) is 4.39. The summed E-state index contributed by atoms with van der Waals surface area (Å²) in [6, 6.07) is 3.63. The molecular weight excluding hydrogens is 204 g/mol. The predicted molar refractivity (Wildman–Crippen MR) is 62.9 cm³/mol. The second-order valence-corrected chi connectivity index (χ2v) is 4.39. The number of aromatic hydroxyl groups is 1. The molecule has 0 saturated heterocycles. The van der Waals surface area contributed by atoms with Crippen molar-refractivity contribution in [1.29, 1.82) is 0 Å². The number of hydrogen-bond donors (Lipinski definition) is 2. The van der Waals surface area contributed by atoms with Gasteiger partial charge in [0.1, 0.15) is 5.75 Å². The summed E-state index contributed by atoms with van der Waals surface area (Å²) in [4.78, 5) is 10.5. The second kappa shape index (κ2) is 5.01. The smallest absolute Gasteiger partial charge is 0.303 e. The summed E-state index contributed by atoms with van der Waals surface area (Å²) in [5, 5.41) is 18.4. The summed E-state index contributed by atoms with van der Waals surface area (Å²) in [6.45, 7) is 5.90. The number of rotatable bonds is 4. The van der Waals surface area contributed by atoms with Crippen molar-refractivity contribution >= 4 is 5.97 Å². The lowest BCUT2D eigenvalue weighted by molar-refractivity contribution is -0.136. The van der Waals surface area contributed by atoms with Crippen LogP contribution in [0.25, 0.3) is 0 Å². The molecule has 3 heteroatoms. The highest BCUT2D eigenvalue weighted by Gasteiger charge is 2.10. The van der Waals surface area contributed by atoms with Crippen molar-refractivity contribution in [1.82, 2.24) is 0 Å². The van der Waals surface area contributed by atoms with E-state index in [4.69, 9.17) is 5.11 Å². The van der Waals surface area contributed by atoms with E-state index in [1.54, 1.807) is 6.07 Å². The van der Waals surface area contributed by atoms with Crippen LogP contribution in [0.5, 0.6) is 5.75 Å². The zero-order valence-electron chi connectivity index (χ0n) is 9.95. The van der Waals surface area contributed by atoms with E-state index in [-0.39, 0.29) is 12.3 Å². The molecule has 0 fully saturated rings. The lowest BCUT2D eigenvalue weighted by Crippen LogP contribution is -2.00. The molecule has 0 heterocycles. The van der Waals surface area contributed by atoms with Crippen molar-refractivity contribution in [3.05, 3.63) is 28.8 Å². The first-order chi connectivity index (χ1) is 7.41. The maximum Gasteiger partial charge on any atom is 0.303 e. The topological polar surface area (TPSA) is 57.5 Å². The molecule has 1 aromatic rings. The molecule has 0 spiro atoms. The molecule has 0 atom stereocenters. The highest BCUT2D eigenvalue weighted by atomic mass is 16.4. The van der Waals surface area contributed by atoms with Crippen molar-refractivity contribution < 1.29 is 15.0 Å². The molecule has 0 saturated carbocycles. The summed E-state index contributed by atoms with van der Waals surface area (Å²) < 4.78 is 0. The van der Waals surface area contributed by atoms with E-state index in [1.807, 2.05) is 26.8 Å². The van der Waals surface area contributed by atoms with Gasteiger partial charge in [-0.25, -0.2) is 0 Å². The van der Waals surface area contributed by atoms with Crippen LogP contribution in [0.4, 0.5) is 0 Å². The lowest BCUT2D eigenvalue weighted by atomic mass is 9.94. The first-order valence-electron chi connectivity index (χ1n) is 5.46. The standard InChI is InChI=1S/C13H18O3/c1-8(2)11-7-10(4-5-13(15)16)9(3)6-12(11)14/h6-8,14H,4-5H2,1-3H3,(H,15,16). The molecule has 0 aliphatic rings. The molecule has 0 aliphatic carbocycles. The number of carboxylic acid groups (broad SMARTS) is 1. The largest absolute Gasteiger partial charge is 0.508 e. The summed E-state index contributed by atoms with van der Waals surface area (Å²) in [5.41, 5.74) is 2.83. The van der Waals surface area contributed by atoms with Crippen LogP contribution < -0.4 is 0 Å². The van der Waals surface area contributed by atoms with Gasteiger partial charge in [-0.3, -0.25) is 4.79 Å². The SMILES string of the molecule is Cc1cc(O)c(C(C)C)cc1CCC(=O)O. The Hall–Kier alpha value is -1.51. The van der Waals surface area contributed by atoms with Crippen LogP contribution in [0.3, 0.4) is 0 Å². The van der Waals surface area contributed by atoms with E-state index in [2.05, 4.69) is 0 Å². The van der Waals surface area contributed by atoms with Crippen molar-refractivity contribution in [2.75, 3.05) is 0 Å². The van der Waals surface area contributed by atoms with Crippen LogP contribution in [-0.4, -0.2) is 16.2 Å². The molecule has 0 radical (unpaired) electrons. The quantitative estimate of drug-likeness (QED) is 0.823. The Balaban J connectivity index is 3.00. The molecule has 88 valence electrons. The van der Waals surface area contributed by atoms with Gasteiger partial charge < -0.3 is 10.2 Å². The molecule has 0 aromatic heterocycles. The number of hydrogen-bond acceptors (Lipinski definition) is 2. The summed E-state index contributed by atoms with van der Waals surface area (Å²) in [5.74, 6) is -0.255. The maximum absolute atomic E-state index is 10.5. The van der Waals surface area contributed by atoms with Gasteiger partial charge in [0.05, 0.1) is 0 Å². The van der Waals surface area contributed by atoms with Crippen molar-refractivity contribution in [3.8, 4) is 5.75 Å². The minimum atomic E-state index is -0.793. The highest BCUT2D eigenvalue weighted by molar-refractivity contribution is 5.67. The average Bonchev–Trinajstić information content (AvgIpc) is 2.15. The minimum absolute atomic E-state index is 0.128. The summed E-state index contributed by atoms with van der Waals surface area (Å²) in [7, 11) is 0. The van der Waals surface area contributed by atoms with Crippen LogP contribution in [0, 0.1) is 6.92 Å². The third kappa shape index (κ3) is 2.99. The van der Waals surface area contributed by atoms with Gasteiger partial charge in [0.25, 0.3) is 0 Å². The van der Waals surface area contributed by atoms with Crippen LogP contribution in [-0.2, 0) is 11.2 Å². The van der Waals surface area contributed by atoms with E-state index < -0.39 is 5.97 Å². The van der Waals surface area contributed by atoms with E-state index >= 15 is 0 Å². The van der Waals surface area contributed by atoms with Crippen LogP contribution in [0.15, 0.2) is 12.1 Å². The molecule has 0 unspecified atom stereocenters. The molecule has 1 aromatic carbocycles. The third-order valence-corrected chi connectivity index (χ3v) is 2.72. The van der Waals surface area contributed by atoms with Gasteiger partial charge in [-0.15, -0.1) is 0 Å². The van der Waals surface area contributed by atoms with Gasteiger partial charge in [-0.05, 0) is 42.0 Å². The molecular formula is C13H18O3.